The summed E-state index contributed by atoms with van der Waals surface area (Å²) in [5.74, 6) is -0.609. The Bertz CT molecular complexity index is 753. The quantitative estimate of drug-likeness (QED) is 0.742. The molecule has 9 heteroatoms. The van der Waals surface area contributed by atoms with E-state index in [9.17, 15) is 27.5 Å². The summed E-state index contributed by atoms with van der Waals surface area (Å²) >= 11 is 5.76. The van der Waals surface area contributed by atoms with Crippen LogP contribution in [0, 0.1) is 5.82 Å². The highest BCUT2D eigenvalue weighted by Crippen LogP contribution is 2.22. The van der Waals surface area contributed by atoms with Crippen LogP contribution in [0.2, 0.25) is 5.02 Å². The Morgan fingerprint density at radius 3 is 2.42 bits per heavy atom. The van der Waals surface area contributed by atoms with Gasteiger partial charge in [-0.1, -0.05) is 29.8 Å². The zero-order chi connectivity index (χ0) is 19.3. The number of nitrogens with zero attached hydrogens (tertiary/aromatic N) is 1. The number of aliphatic hydroxyl groups is 1. The number of anilines is 1. The summed E-state index contributed by atoms with van der Waals surface area (Å²) in [4.78, 5) is 13.1. The number of alkyl halides is 3. The molecule has 2 rings (SSSR count). The molecular weight excluding hydrogens is 376 g/mol. The Morgan fingerprint density at radius 1 is 1.19 bits per heavy atom. The Morgan fingerprint density at radius 2 is 1.85 bits per heavy atom. The molecule has 0 saturated heterocycles. The first-order chi connectivity index (χ1) is 12.1. The van der Waals surface area contributed by atoms with E-state index in [1.54, 1.807) is 12.1 Å². The zero-order valence-corrected chi connectivity index (χ0v) is 14.1. The van der Waals surface area contributed by atoms with Gasteiger partial charge in [0.15, 0.2) is 6.10 Å². The number of nitrogens with one attached hydrogen (secondary N) is 1. The minimum atomic E-state index is -4.88. The Hall–Kier alpha value is -2.32. The van der Waals surface area contributed by atoms with Crippen LogP contribution in [0.5, 0.6) is 0 Å². The first kappa shape index (κ1) is 20.0. The number of benzene rings is 2. The third-order valence-electron chi connectivity index (χ3n) is 3.42. The fraction of sp³-hybridized carbons (Fsp3) is 0.235. The SMILES string of the molecule is O=C(Nc1cccc(F)c1)N(Cc1ccc(Cl)cc1)C[C@H](O)C(F)(F)F. The van der Waals surface area contributed by atoms with Crippen molar-refractivity contribution in [2.45, 2.75) is 18.8 Å². The van der Waals surface area contributed by atoms with Gasteiger partial charge in [-0.15, -0.1) is 0 Å². The first-order valence-electron chi connectivity index (χ1n) is 7.46. The number of carbonyl (C=O) groups excluding carboxylic acids is 1. The van der Waals surface area contributed by atoms with Gasteiger partial charge in [0.25, 0.3) is 0 Å². The molecule has 4 nitrogen and oxygen atoms in total. The predicted molar refractivity (Wildman–Crippen MR) is 89.3 cm³/mol. The highest BCUT2D eigenvalue weighted by atomic mass is 35.5. The smallest absolute Gasteiger partial charge is 0.382 e. The highest BCUT2D eigenvalue weighted by Gasteiger charge is 2.40. The average molecular weight is 391 g/mol. The van der Waals surface area contributed by atoms with Gasteiger partial charge in [0.2, 0.25) is 0 Å². The van der Waals surface area contributed by atoms with E-state index in [2.05, 4.69) is 5.32 Å². The molecule has 0 bridgehead atoms. The van der Waals surface area contributed by atoms with Crippen molar-refractivity contribution in [1.29, 1.82) is 0 Å². The molecule has 0 aliphatic heterocycles. The van der Waals surface area contributed by atoms with E-state index >= 15 is 0 Å². The number of hydrogen-bond donors (Lipinski definition) is 2. The second-order valence-corrected chi connectivity index (χ2v) is 5.94. The molecule has 0 heterocycles. The van der Waals surface area contributed by atoms with Gasteiger partial charge in [-0.2, -0.15) is 13.2 Å². The van der Waals surface area contributed by atoms with Crippen molar-refractivity contribution in [1.82, 2.24) is 4.90 Å². The predicted octanol–water partition coefficient (Wildman–Crippen LogP) is 4.44. The number of aliphatic hydroxyl groups excluding tert-OH is 1. The average Bonchev–Trinajstić information content (AvgIpc) is 2.55. The van der Waals surface area contributed by atoms with Crippen LogP contribution in [-0.4, -0.2) is 34.9 Å². The molecule has 140 valence electrons. The van der Waals surface area contributed by atoms with Crippen LogP contribution < -0.4 is 5.32 Å². The zero-order valence-electron chi connectivity index (χ0n) is 13.3. The lowest BCUT2D eigenvalue weighted by Crippen LogP contribution is -2.45. The molecule has 0 radical (unpaired) electrons. The molecule has 0 aliphatic carbocycles. The normalized spacial score (nSPS) is 12.5. The summed E-state index contributed by atoms with van der Waals surface area (Å²) in [7, 11) is 0. The molecular formula is C17H15ClF4N2O2. The maximum Gasteiger partial charge on any atom is 0.416 e. The molecule has 0 unspecified atom stereocenters. The van der Waals surface area contributed by atoms with Crippen LogP contribution in [0.3, 0.4) is 0 Å². The van der Waals surface area contributed by atoms with Crippen LogP contribution >= 0.6 is 11.6 Å². The first-order valence-corrected chi connectivity index (χ1v) is 7.83. The van der Waals surface area contributed by atoms with Crippen LogP contribution in [0.1, 0.15) is 5.56 Å². The summed E-state index contributed by atoms with van der Waals surface area (Å²) in [6.07, 6.45) is -7.59. The van der Waals surface area contributed by atoms with Crippen molar-refractivity contribution >= 4 is 23.3 Å². The number of hydrogen-bond acceptors (Lipinski definition) is 2. The third kappa shape index (κ3) is 5.89. The van der Waals surface area contributed by atoms with Gasteiger partial charge in [0, 0.05) is 17.3 Å². The van der Waals surface area contributed by atoms with E-state index in [1.165, 1.54) is 24.3 Å². The van der Waals surface area contributed by atoms with E-state index < -0.39 is 30.7 Å². The number of rotatable bonds is 5. The van der Waals surface area contributed by atoms with E-state index in [0.29, 0.717) is 10.6 Å². The van der Waals surface area contributed by atoms with Gasteiger partial charge in [-0.05, 0) is 35.9 Å². The van der Waals surface area contributed by atoms with Gasteiger partial charge in [0.1, 0.15) is 5.82 Å². The lowest BCUT2D eigenvalue weighted by Gasteiger charge is -2.26. The Balaban J connectivity index is 2.17. The van der Waals surface area contributed by atoms with E-state index in [0.717, 1.165) is 17.0 Å². The van der Waals surface area contributed by atoms with E-state index in [1.807, 2.05) is 0 Å². The fourth-order valence-corrected chi connectivity index (χ4v) is 2.24. The molecule has 2 N–H and O–H groups in total. The van der Waals surface area contributed by atoms with Crippen molar-refractivity contribution in [2.24, 2.45) is 0 Å². The molecule has 0 fully saturated rings. The molecule has 2 amide bonds. The molecule has 0 spiro atoms. The molecule has 0 aromatic heterocycles. The minimum Gasteiger partial charge on any atom is -0.382 e. The Kier molecular flexibility index (Phi) is 6.44. The van der Waals surface area contributed by atoms with E-state index in [-0.39, 0.29) is 12.2 Å². The summed E-state index contributed by atoms with van der Waals surface area (Å²) in [5, 5.41) is 12.1. The van der Waals surface area contributed by atoms with Crippen molar-refractivity contribution in [3.8, 4) is 0 Å². The fourth-order valence-electron chi connectivity index (χ4n) is 2.11. The van der Waals surface area contributed by atoms with E-state index in [4.69, 9.17) is 11.6 Å². The number of halogens is 5. The number of amides is 2. The van der Waals surface area contributed by atoms with Crippen LogP contribution in [0.15, 0.2) is 48.5 Å². The minimum absolute atomic E-state index is 0.0811. The largest absolute Gasteiger partial charge is 0.416 e. The molecule has 0 aliphatic rings. The van der Waals surface area contributed by atoms with Crippen molar-refractivity contribution in [2.75, 3.05) is 11.9 Å². The summed E-state index contributed by atoms with van der Waals surface area (Å²) in [5.41, 5.74) is 0.593. The van der Waals surface area contributed by atoms with Gasteiger partial charge in [-0.25, -0.2) is 9.18 Å². The number of carbonyl (C=O) groups is 1. The second-order valence-electron chi connectivity index (χ2n) is 5.50. The van der Waals surface area contributed by atoms with Gasteiger partial charge in [-0.3, -0.25) is 0 Å². The summed E-state index contributed by atoms with van der Waals surface area (Å²) in [6, 6.07) is 10.2. The highest BCUT2D eigenvalue weighted by molar-refractivity contribution is 6.30. The van der Waals surface area contributed by atoms with Crippen molar-refractivity contribution in [3.05, 3.63) is 64.9 Å². The maximum absolute atomic E-state index is 13.2. The molecule has 26 heavy (non-hydrogen) atoms. The Labute approximate surface area is 152 Å². The lowest BCUT2D eigenvalue weighted by atomic mass is 10.2. The third-order valence-corrected chi connectivity index (χ3v) is 3.67. The lowest BCUT2D eigenvalue weighted by molar-refractivity contribution is -0.206. The topological polar surface area (TPSA) is 52.6 Å². The van der Waals surface area contributed by atoms with Gasteiger partial charge >= 0.3 is 12.2 Å². The molecule has 2 aromatic carbocycles. The summed E-state index contributed by atoms with van der Waals surface area (Å²) in [6.45, 7) is -1.18. The van der Waals surface area contributed by atoms with Crippen LogP contribution in [0.4, 0.5) is 28.0 Å². The maximum atomic E-state index is 13.2. The monoisotopic (exact) mass is 390 g/mol. The van der Waals surface area contributed by atoms with Gasteiger partial charge < -0.3 is 15.3 Å². The molecule has 2 aromatic rings. The van der Waals surface area contributed by atoms with Crippen LogP contribution in [-0.2, 0) is 6.54 Å². The summed E-state index contributed by atoms with van der Waals surface area (Å²) < 4.78 is 51.2. The second kappa shape index (κ2) is 8.37. The number of urea groups is 1. The molecule has 0 saturated carbocycles. The van der Waals surface area contributed by atoms with Crippen LogP contribution in [0.25, 0.3) is 0 Å². The van der Waals surface area contributed by atoms with Crippen molar-refractivity contribution < 1.29 is 27.5 Å². The van der Waals surface area contributed by atoms with Gasteiger partial charge in [0.05, 0.1) is 6.54 Å². The van der Waals surface area contributed by atoms with Crippen molar-refractivity contribution in [3.63, 3.8) is 0 Å². The standard InChI is InChI=1S/C17H15ClF4N2O2/c18-12-6-4-11(5-7-12)9-24(10-15(25)17(20,21)22)16(26)23-14-3-1-2-13(19)8-14/h1-8,15,25H,9-10H2,(H,23,26)/t15-/m0/s1. The molecule has 1 atom stereocenters.